The van der Waals surface area contributed by atoms with E-state index in [2.05, 4.69) is 10.6 Å². The topological polar surface area (TPSA) is 41.1 Å². The molecule has 1 heterocycles. The number of nitrogens with one attached hydrogen (secondary N) is 2. The van der Waals surface area contributed by atoms with Crippen LogP contribution in [0, 0.1) is 0 Å². The molecule has 1 unspecified atom stereocenters. The molecule has 3 heteroatoms. The van der Waals surface area contributed by atoms with E-state index in [1.807, 2.05) is 12.9 Å². The van der Waals surface area contributed by atoms with Gasteiger partial charge in [0.25, 0.3) is 0 Å². The molecule has 0 bridgehead atoms. The fourth-order valence-corrected chi connectivity index (χ4v) is 1.12. The normalized spacial score (nSPS) is 25.3. The first-order chi connectivity index (χ1) is 4.88. The Labute approximate surface area is 60.5 Å². The van der Waals surface area contributed by atoms with E-state index in [9.17, 15) is 4.79 Å². The van der Waals surface area contributed by atoms with Crippen LogP contribution in [0.25, 0.3) is 0 Å². The number of hydrogen-bond donors (Lipinski definition) is 2. The van der Waals surface area contributed by atoms with Gasteiger partial charge in [-0.1, -0.05) is 6.92 Å². The van der Waals surface area contributed by atoms with Crippen LogP contribution < -0.4 is 10.6 Å². The van der Waals surface area contributed by atoms with Crippen molar-refractivity contribution in [2.45, 2.75) is 19.4 Å². The lowest BCUT2D eigenvalue weighted by molar-refractivity contribution is 0.468. The van der Waals surface area contributed by atoms with E-state index in [1.54, 1.807) is 0 Å². The molecule has 1 aliphatic rings. The molecule has 0 aromatic rings. The summed E-state index contributed by atoms with van der Waals surface area (Å²) in [5, 5.41) is 6.21. The van der Waals surface area contributed by atoms with Gasteiger partial charge in [-0.15, -0.1) is 0 Å². The van der Waals surface area contributed by atoms with Crippen molar-refractivity contribution in [1.82, 2.24) is 10.6 Å². The molecular weight excluding hydrogens is 128 g/mol. The van der Waals surface area contributed by atoms with Crippen molar-refractivity contribution in [3.8, 4) is 0 Å². The molecule has 1 aliphatic heterocycles. The summed E-state index contributed by atoms with van der Waals surface area (Å²) in [5.41, 5.74) is 0.675. The van der Waals surface area contributed by atoms with Gasteiger partial charge in [-0.05, 0) is 6.42 Å². The van der Waals surface area contributed by atoms with Gasteiger partial charge >= 0.3 is 0 Å². The Kier molecular flexibility index (Phi) is 2.49. The maximum Gasteiger partial charge on any atom is 0.147 e. The molecule has 3 nitrogen and oxygen atoms in total. The summed E-state index contributed by atoms with van der Waals surface area (Å²) in [6, 6.07) is 0.200. The molecule has 1 fully saturated rings. The van der Waals surface area contributed by atoms with E-state index < -0.39 is 0 Å². The van der Waals surface area contributed by atoms with Gasteiger partial charge in [-0.25, -0.2) is 4.79 Å². The maximum atomic E-state index is 10.3. The number of carbonyl (C=O) groups excluding carboxylic acids is 1. The number of rotatable bonds is 1. The van der Waals surface area contributed by atoms with Crippen molar-refractivity contribution in [2.24, 2.45) is 0 Å². The molecule has 0 aromatic heterocycles. The fourth-order valence-electron chi connectivity index (χ4n) is 1.12. The zero-order valence-corrected chi connectivity index (χ0v) is 6.11. The highest BCUT2D eigenvalue weighted by molar-refractivity contribution is 5.53. The standard InChI is InChI=1S/C7H12N2O/c1-2-6-7(5-10)9-4-3-8-6/h6,8-9H,2-4H2,1H3. The van der Waals surface area contributed by atoms with E-state index in [0.717, 1.165) is 19.5 Å². The SMILES string of the molecule is CCC1NCCNC1=C=O. The van der Waals surface area contributed by atoms with Crippen LogP contribution in [0.4, 0.5) is 0 Å². The quantitative estimate of drug-likeness (QED) is 0.490. The van der Waals surface area contributed by atoms with Crippen molar-refractivity contribution in [3.63, 3.8) is 0 Å². The number of piperazine rings is 1. The molecule has 0 aromatic carbocycles. The Bertz CT molecular complexity index is 161. The highest BCUT2D eigenvalue weighted by Gasteiger charge is 2.15. The second kappa shape index (κ2) is 3.40. The molecule has 10 heavy (non-hydrogen) atoms. The lowest BCUT2D eigenvalue weighted by Crippen LogP contribution is -2.46. The summed E-state index contributed by atoms with van der Waals surface area (Å²) in [4.78, 5) is 10.3. The lowest BCUT2D eigenvalue weighted by atomic mass is 10.1. The van der Waals surface area contributed by atoms with Crippen LogP contribution in [-0.4, -0.2) is 25.1 Å². The van der Waals surface area contributed by atoms with E-state index >= 15 is 0 Å². The molecule has 0 aliphatic carbocycles. The maximum absolute atomic E-state index is 10.3. The first kappa shape index (κ1) is 7.32. The minimum absolute atomic E-state index is 0.200. The van der Waals surface area contributed by atoms with Crippen LogP contribution in [0.15, 0.2) is 5.70 Å². The first-order valence-corrected chi connectivity index (χ1v) is 3.60. The van der Waals surface area contributed by atoms with Crippen molar-refractivity contribution >= 4 is 5.94 Å². The van der Waals surface area contributed by atoms with Crippen molar-refractivity contribution < 1.29 is 4.79 Å². The van der Waals surface area contributed by atoms with Gasteiger partial charge < -0.3 is 10.6 Å². The molecule has 1 rings (SSSR count). The summed E-state index contributed by atoms with van der Waals surface area (Å²) in [6.45, 7) is 3.81. The van der Waals surface area contributed by atoms with Gasteiger partial charge in [0, 0.05) is 13.1 Å². The Morgan fingerprint density at radius 1 is 1.70 bits per heavy atom. The average molecular weight is 140 g/mol. The van der Waals surface area contributed by atoms with Gasteiger partial charge in [0.05, 0.1) is 6.04 Å². The second-order valence-corrected chi connectivity index (χ2v) is 2.36. The molecule has 1 saturated heterocycles. The molecule has 56 valence electrons. The monoisotopic (exact) mass is 140 g/mol. The molecule has 0 saturated carbocycles. The molecule has 0 amide bonds. The number of hydrogen-bond acceptors (Lipinski definition) is 3. The highest BCUT2D eigenvalue weighted by atomic mass is 16.1. The minimum Gasteiger partial charge on any atom is -0.377 e. The van der Waals surface area contributed by atoms with Crippen LogP contribution in [0.5, 0.6) is 0 Å². The molecule has 0 radical (unpaired) electrons. The van der Waals surface area contributed by atoms with Crippen LogP contribution in [-0.2, 0) is 4.79 Å². The van der Waals surface area contributed by atoms with Gasteiger partial charge in [-0.3, -0.25) is 0 Å². The van der Waals surface area contributed by atoms with E-state index in [0.29, 0.717) is 5.70 Å². The van der Waals surface area contributed by atoms with Crippen LogP contribution >= 0.6 is 0 Å². The zero-order chi connectivity index (χ0) is 7.40. The third kappa shape index (κ3) is 1.38. The van der Waals surface area contributed by atoms with E-state index in [4.69, 9.17) is 0 Å². The molecule has 0 spiro atoms. The Hall–Kier alpha value is -0.790. The first-order valence-electron chi connectivity index (χ1n) is 3.60. The molecular formula is C7H12N2O. The van der Waals surface area contributed by atoms with Crippen molar-refractivity contribution in [2.75, 3.05) is 13.1 Å². The summed E-state index contributed by atoms with van der Waals surface area (Å²) < 4.78 is 0. The van der Waals surface area contributed by atoms with Crippen LogP contribution in [0.1, 0.15) is 13.3 Å². The summed E-state index contributed by atoms with van der Waals surface area (Å²) >= 11 is 0. The van der Waals surface area contributed by atoms with Crippen LogP contribution in [0.2, 0.25) is 0 Å². The van der Waals surface area contributed by atoms with Crippen molar-refractivity contribution in [1.29, 1.82) is 0 Å². The highest BCUT2D eigenvalue weighted by Crippen LogP contribution is 2.01. The third-order valence-electron chi connectivity index (χ3n) is 1.70. The van der Waals surface area contributed by atoms with Crippen LogP contribution in [0.3, 0.4) is 0 Å². The molecule has 2 N–H and O–H groups in total. The van der Waals surface area contributed by atoms with E-state index in [1.165, 1.54) is 0 Å². The lowest BCUT2D eigenvalue weighted by Gasteiger charge is -2.24. The Morgan fingerprint density at radius 3 is 3.00 bits per heavy atom. The van der Waals surface area contributed by atoms with Gasteiger partial charge in [-0.2, -0.15) is 0 Å². The van der Waals surface area contributed by atoms with Crippen molar-refractivity contribution in [3.05, 3.63) is 5.70 Å². The van der Waals surface area contributed by atoms with Gasteiger partial charge in [0.2, 0.25) is 0 Å². The predicted molar refractivity (Wildman–Crippen MR) is 39.3 cm³/mol. The summed E-state index contributed by atoms with van der Waals surface area (Å²) in [6.07, 6.45) is 0.942. The fraction of sp³-hybridized carbons (Fsp3) is 0.714. The predicted octanol–water partition coefficient (Wildman–Crippen LogP) is -0.327. The molecule has 1 atom stereocenters. The second-order valence-electron chi connectivity index (χ2n) is 2.36. The van der Waals surface area contributed by atoms with Gasteiger partial charge in [0.15, 0.2) is 0 Å². The Balaban J connectivity index is 2.59. The zero-order valence-electron chi connectivity index (χ0n) is 6.11. The smallest absolute Gasteiger partial charge is 0.147 e. The van der Waals surface area contributed by atoms with E-state index in [-0.39, 0.29) is 6.04 Å². The minimum atomic E-state index is 0.200. The Morgan fingerprint density at radius 2 is 2.50 bits per heavy atom. The summed E-state index contributed by atoms with van der Waals surface area (Å²) in [7, 11) is 0. The average Bonchev–Trinajstić information content (AvgIpc) is 2.04. The largest absolute Gasteiger partial charge is 0.377 e. The summed E-state index contributed by atoms with van der Waals surface area (Å²) in [5.74, 6) is 1.90. The van der Waals surface area contributed by atoms with Gasteiger partial charge in [0.1, 0.15) is 11.6 Å². The third-order valence-corrected chi connectivity index (χ3v) is 1.70.